The normalized spacial score (nSPS) is 19.1. The van der Waals surface area contributed by atoms with E-state index in [1.54, 1.807) is 12.1 Å². The van der Waals surface area contributed by atoms with Crippen LogP contribution in [0.25, 0.3) is 0 Å². The molecule has 3 N–H and O–H groups in total. The van der Waals surface area contributed by atoms with E-state index in [0.29, 0.717) is 6.04 Å². The Kier molecular flexibility index (Phi) is 3.58. The molecule has 0 radical (unpaired) electrons. The number of amides is 1. The standard InChI is InChI=1S/C12H16FN3O/c1-8(17)15-12-6-9(2-3-11(12)13)16-10-4-5-14-7-10/h2-3,6,10,14,16H,4-5,7H2,1H3,(H,15,17). The topological polar surface area (TPSA) is 53.2 Å². The summed E-state index contributed by atoms with van der Waals surface area (Å²) in [5.41, 5.74) is 1.04. The van der Waals surface area contributed by atoms with Crippen molar-refractivity contribution < 1.29 is 9.18 Å². The molecule has 2 rings (SSSR count). The fourth-order valence-electron chi connectivity index (χ4n) is 1.91. The van der Waals surface area contributed by atoms with Crippen LogP contribution >= 0.6 is 0 Å². The van der Waals surface area contributed by atoms with Crippen molar-refractivity contribution in [3.05, 3.63) is 24.0 Å². The minimum Gasteiger partial charge on any atom is -0.381 e. The average Bonchev–Trinajstić information content (AvgIpc) is 2.75. The number of carbonyl (C=O) groups excluding carboxylic acids is 1. The highest BCUT2D eigenvalue weighted by atomic mass is 19.1. The number of anilines is 2. The molecule has 1 saturated heterocycles. The first-order chi connectivity index (χ1) is 8.15. The molecule has 1 aliphatic heterocycles. The molecule has 1 amide bonds. The number of halogens is 1. The molecule has 1 atom stereocenters. The first-order valence-electron chi connectivity index (χ1n) is 5.69. The number of hydrogen-bond acceptors (Lipinski definition) is 3. The summed E-state index contributed by atoms with van der Waals surface area (Å²) in [7, 11) is 0. The lowest BCUT2D eigenvalue weighted by molar-refractivity contribution is -0.114. The van der Waals surface area contributed by atoms with Gasteiger partial charge in [0, 0.05) is 25.2 Å². The Labute approximate surface area is 99.6 Å². The monoisotopic (exact) mass is 237 g/mol. The van der Waals surface area contributed by atoms with Gasteiger partial charge in [-0.25, -0.2) is 4.39 Å². The lowest BCUT2D eigenvalue weighted by atomic mass is 10.2. The smallest absolute Gasteiger partial charge is 0.221 e. The first kappa shape index (κ1) is 11.9. The second-order valence-electron chi connectivity index (χ2n) is 4.21. The molecule has 1 aromatic carbocycles. The molecule has 0 aromatic heterocycles. The summed E-state index contributed by atoms with van der Waals surface area (Å²) in [6, 6.07) is 5.02. The van der Waals surface area contributed by atoms with Crippen LogP contribution in [0.2, 0.25) is 0 Å². The predicted octanol–water partition coefficient (Wildman–Crippen LogP) is 1.56. The lowest BCUT2D eigenvalue weighted by Crippen LogP contribution is -2.22. The highest BCUT2D eigenvalue weighted by Crippen LogP contribution is 2.21. The van der Waals surface area contributed by atoms with Gasteiger partial charge in [0.2, 0.25) is 5.91 Å². The predicted molar refractivity (Wildman–Crippen MR) is 65.6 cm³/mol. The van der Waals surface area contributed by atoms with E-state index in [9.17, 15) is 9.18 Å². The Morgan fingerprint density at radius 3 is 3.00 bits per heavy atom. The van der Waals surface area contributed by atoms with E-state index in [1.807, 2.05) is 0 Å². The fraction of sp³-hybridized carbons (Fsp3) is 0.417. The van der Waals surface area contributed by atoms with Crippen LogP contribution in [0.1, 0.15) is 13.3 Å². The molecule has 1 aliphatic rings. The molecule has 0 spiro atoms. The maximum atomic E-state index is 13.4. The highest BCUT2D eigenvalue weighted by molar-refractivity contribution is 5.89. The average molecular weight is 237 g/mol. The van der Waals surface area contributed by atoms with Crippen molar-refractivity contribution in [1.82, 2.24) is 5.32 Å². The van der Waals surface area contributed by atoms with Crippen molar-refractivity contribution in [2.45, 2.75) is 19.4 Å². The minimum atomic E-state index is -0.421. The van der Waals surface area contributed by atoms with Gasteiger partial charge in [-0.15, -0.1) is 0 Å². The molecule has 92 valence electrons. The van der Waals surface area contributed by atoms with Crippen LogP contribution in [0.15, 0.2) is 18.2 Å². The first-order valence-corrected chi connectivity index (χ1v) is 5.69. The van der Waals surface area contributed by atoms with Crippen molar-refractivity contribution in [2.24, 2.45) is 0 Å². The van der Waals surface area contributed by atoms with Crippen LogP contribution < -0.4 is 16.0 Å². The second kappa shape index (κ2) is 5.14. The molecule has 0 saturated carbocycles. The van der Waals surface area contributed by atoms with E-state index in [1.165, 1.54) is 13.0 Å². The Hall–Kier alpha value is -1.62. The largest absolute Gasteiger partial charge is 0.381 e. The van der Waals surface area contributed by atoms with Crippen molar-refractivity contribution >= 4 is 17.3 Å². The summed E-state index contributed by atoms with van der Waals surface area (Å²) in [6.07, 6.45) is 1.05. The lowest BCUT2D eigenvalue weighted by Gasteiger charge is -2.14. The summed E-state index contributed by atoms with van der Waals surface area (Å²) in [5.74, 6) is -0.695. The summed E-state index contributed by atoms with van der Waals surface area (Å²) in [6.45, 7) is 3.27. The van der Waals surface area contributed by atoms with Crippen molar-refractivity contribution in [2.75, 3.05) is 23.7 Å². The van der Waals surface area contributed by atoms with Gasteiger partial charge in [-0.1, -0.05) is 0 Å². The van der Waals surface area contributed by atoms with Gasteiger partial charge in [-0.05, 0) is 31.2 Å². The zero-order valence-electron chi connectivity index (χ0n) is 9.72. The summed E-state index contributed by atoms with van der Waals surface area (Å²) in [5, 5.41) is 9.01. The third kappa shape index (κ3) is 3.17. The van der Waals surface area contributed by atoms with Crippen LogP contribution in [-0.4, -0.2) is 25.0 Å². The highest BCUT2D eigenvalue weighted by Gasteiger charge is 2.14. The summed E-state index contributed by atoms with van der Waals surface area (Å²) < 4.78 is 13.4. The second-order valence-corrected chi connectivity index (χ2v) is 4.21. The number of rotatable bonds is 3. The maximum Gasteiger partial charge on any atom is 0.221 e. The van der Waals surface area contributed by atoms with E-state index in [4.69, 9.17) is 0 Å². The zero-order chi connectivity index (χ0) is 12.3. The van der Waals surface area contributed by atoms with E-state index in [2.05, 4.69) is 16.0 Å². The van der Waals surface area contributed by atoms with Gasteiger partial charge < -0.3 is 16.0 Å². The fourth-order valence-corrected chi connectivity index (χ4v) is 1.91. The molecule has 0 aliphatic carbocycles. The Morgan fingerprint density at radius 1 is 1.53 bits per heavy atom. The molecule has 4 nitrogen and oxygen atoms in total. The molecular weight excluding hydrogens is 221 g/mol. The van der Waals surface area contributed by atoms with Gasteiger partial charge in [-0.2, -0.15) is 0 Å². The van der Waals surface area contributed by atoms with E-state index in [0.717, 1.165) is 25.2 Å². The number of hydrogen-bond donors (Lipinski definition) is 3. The number of nitrogens with one attached hydrogen (secondary N) is 3. The van der Waals surface area contributed by atoms with Gasteiger partial charge in [0.15, 0.2) is 0 Å². The summed E-state index contributed by atoms with van der Waals surface area (Å²) >= 11 is 0. The molecule has 1 fully saturated rings. The molecule has 17 heavy (non-hydrogen) atoms. The minimum absolute atomic E-state index is 0.216. The van der Waals surface area contributed by atoms with Gasteiger partial charge in [0.05, 0.1) is 5.69 Å². The summed E-state index contributed by atoms with van der Waals surface area (Å²) in [4.78, 5) is 10.9. The molecule has 0 bridgehead atoms. The zero-order valence-corrected chi connectivity index (χ0v) is 9.72. The number of benzene rings is 1. The Bertz CT molecular complexity index is 416. The van der Waals surface area contributed by atoms with Crippen LogP contribution in [0.3, 0.4) is 0 Å². The van der Waals surface area contributed by atoms with Crippen LogP contribution in [-0.2, 0) is 4.79 Å². The van der Waals surface area contributed by atoms with Crippen LogP contribution in [0.4, 0.5) is 15.8 Å². The molecule has 1 heterocycles. The quantitative estimate of drug-likeness (QED) is 0.747. The van der Waals surface area contributed by atoms with E-state index >= 15 is 0 Å². The van der Waals surface area contributed by atoms with E-state index in [-0.39, 0.29) is 11.6 Å². The third-order valence-corrected chi connectivity index (χ3v) is 2.71. The molecule has 1 aromatic rings. The Balaban J connectivity index is 2.09. The molecule has 1 unspecified atom stereocenters. The molecule has 5 heteroatoms. The van der Waals surface area contributed by atoms with Gasteiger partial charge in [0.1, 0.15) is 5.82 Å². The Morgan fingerprint density at radius 2 is 2.35 bits per heavy atom. The maximum absolute atomic E-state index is 13.4. The van der Waals surface area contributed by atoms with E-state index < -0.39 is 5.82 Å². The van der Waals surface area contributed by atoms with Gasteiger partial charge >= 0.3 is 0 Å². The van der Waals surface area contributed by atoms with Crippen molar-refractivity contribution in [3.63, 3.8) is 0 Å². The van der Waals surface area contributed by atoms with Crippen molar-refractivity contribution in [1.29, 1.82) is 0 Å². The van der Waals surface area contributed by atoms with Crippen LogP contribution in [0.5, 0.6) is 0 Å². The van der Waals surface area contributed by atoms with Crippen molar-refractivity contribution in [3.8, 4) is 0 Å². The van der Waals surface area contributed by atoms with Crippen LogP contribution in [0, 0.1) is 5.82 Å². The third-order valence-electron chi connectivity index (χ3n) is 2.71. The molecular formula is C12H16FN3O. The SMILES string of the molecule is CC(=O)Nc1cc(NC2CCNC2)ccc1F. The number of carbonyl (C=O) groups is 1. The van der Waals surface area contributed by atoms with Gasteiger partial charge in [-0.3, -0.25) is 4.79 Å². The van der Waals surface area contributed by atoms with Gasteiger partial charge in [0.25, 0.3) is 0 Å².